The van der Waals surface area contributed by atoms with Crippen molar-refractivity contribution < 1.29 is 0 Å². The molecule has 0 aliphatic carbocycles. The third-order valence-electron chi connectivity index (χ3n) is 3.30. The molecule has 112 valence electrons. The normalized spacial score (nSPS) is 18.0. The standard InChI is InChI=1S/C15H11Cl2N3S2/c16-11-1-2-12(13(17)5-11)10-7-21-15(22-8-10)14(6-18)20-4-3-19-9-20/h1-5,9-10H,7-8H2. The van der Waals surface area contributed by atoms with Gasteiger partial charge in [0.1, 0.15) is 11.8 Å². The first-order valence-electron chi connectivity index (χ1n) is 6.52. The Hall–Kier alpha value is -1.06. The second-order valence-electron chi connectivity index (χ2n) is 4.70. The van der Waals surface area contributed by atoms with Crippen LogP contribution in [0.3, 0.4) is 0 Å². The van der Waals surface area contributed by atoms with E-state index in [1.165, 1.54) is 0 Å². The lowest BCUT2D eigenvalue weighted by Crippen LogP contribution is -2.11. The van der Waals surface area contributed by atoms with Crippen molar-refractivity contribution in [1.29, 1.82) is 5.26 Å². The smallest absolute Gasteiger partial charge is 0.145 e. The molecule has 2 heterocycles. The molecule has 3 nitrogen and oxygen atoms in total. The SMILES string of the molecule is N#CC(=C1SCC(c2ccc(Cl)cc2Cl)CS1)n1ccnc1. The van der Waals surface area contributed by atoms with Gasteiger partial charge in [-0.15, -0.1) is 23.5 Å². The summed E-state index contributed by atoms with van der Waals surface area (Å²) in [5, 5.41) is 10.7. The summed E-state index contributed by atoms with van der Waals surface area (Å²) in [5.74, 6) is 2.14. The third-order valence-corrected chi connectivity index (χ3v) is 6.61. The highest BCUT2D eigenvalue weighted by atomic mass is 35.5. The minimum atomic E-state index is 0.353. The van der Waals surface area contributed by atoms with Gasteiger partial charge in [0.15, 0.2) is 0 Å². The van der Waals surface area contributed by atoms with Gasteiger partial charge in [-0.3, -0.25) is 4.57 Å². The van der Waals surface area contributed by atoms with Crippen molar-refractivity contribution in [3.63, 3.8) is 0 Å². The van der Waals surface area contributed by atoms with Crippen molar-refractivity contribution in [2.45, 2.75) is 5.92 Å². The molecule has 22 heavy (non-hydrogen) atoms. The lowest BCUT2D eigenvalue weighted by atomic mass is 10.0. The van der Waals surface area contributed by atoms with Crippen LogP contribution in [-0.2, 0) is 0 Å². The van der Waals surface area contributed by atoms with E-state index in [-0.39, 0.29) is 0 Å². The van der Waals surface area contributed by atoms with Crippen molar-refractivity contribution in [2.75, 3.05) is 11.5 Å². The largest absolute Gasteiger partial charge is 0.296 e. The van der Waals surface area contributed by atoms with E-state index in [4.69, 9.17) is 23.2 Å². The maximum absolute atomic E-state index is 9.39. The van der Waals surface area contributed by atoms with Gasteiger partial charge in [-0.2, -0.15) is 5.26 Å². The van der Waals surface area contributed by atoms with Crippen molar-refractivity contribution in [1.82, 2.24) is 9.55 Å². The van der Waals surface area contributed by atoms with Gasteiger partial charge in [0.25, 0.3) is 0 Å². The summed E-state index contributed by atoms with van der Waals surface area (Å²) >= 11 is 15.6. The predicted octanol–water partition coefficient (Wildman–Crippen LogP) is 5.10. The van der Waals surface area contributed by atoms with Crippen LogP contribution in [0, 0.1) is 11.3 Å². The first-order valence-corrected chi connectivity index (χ1v) is 9.25. The van der Waals surface area contributed by atoms with Gasteiger partial charge in [-0.25, -0.2) is 4.98 Å². The summed E-state index contributed by atoms with van der Waals surface area (Å²) in [6, 6.07) is 7.91. The van der Waals surface area contributed by atoms with Crippen molar-refractivity contribution in [3.05, 3.63) is 56.8 Å². The van der Waals surface area contributed by atoms with Crippen LogP contribution in [0.1, 0.15) is 11.5 Å². The highest BCUT2D eigenvalue weighted by molar-refractivity contribution is 8.23. The maximum atomic E-state index is 9.39. The number of imidazole rings is 1. The molecule has 7 heteroatoms. The first kappa shape index (κ1) is 15.8. The Morgan fingerprint density at radius 2 is 2.09 bits per heavy atom. The molecule has 1 fully saturated rings. The molecule has 0 N–H and O–H groups in total. The molecule has 2 aromatic rings. The molecule has 1 saturated heterocycles. The lowest BCUT2D eigenvalue weighted by molar-refractivity contribution is 0.894. The number of nitrogens with zero attached hydrogens (tertiary/aromatic N) is 3. The van der Waals surface area contributed by atoms with E-state index in [0.717, 1.165) is 21.3 Å². The van der Waals surface area contributed by atoms with E-state index in [0.29, 0.717) is 21.7 Å². The van der Waals surface area contributed by atoms with Crippen LogP contribution in [0.25, 0.3) is 5.70 Å². The van der Waals surface area contributed by atoms with Crippen LogP contribution in [0.2, 0.25) is 10.0 Å². The second-order valence-corrected chi connectivity index (χ2v) is 7.87. The molecular weight excluding hydrogens is 357 g/mol. The molecule has 1 aromatic carbocycles. The van der Waals surface area contributed by atoms with Crippen LogP contribution >= 0.6 is 46.7 Å². The number of nitriles is 1. The Bertz CT molecular complexity index is 741. The van der Waals surface area contributed by atoms with Gasteiger partial charge in [0.2, 0.25) is 0 Å². The van der Waals surface area contributed by atoms with E-state index in [2.05, 4.69) is 11.1 Å². The highest BCUT2D eigenvalue weighted by Crippen LogP contribution is 2.45. The minimum Gasteiger partial charge on any atom is -0.296 e. The fourth-order valence-electron chi connectivity index (χ4n) is 2.19. The summed E-state index contributed by atoms with van der Waals surface area (Å²) in [4.78, 5) is 4.00. The predicted molar refractivity (Wildman–Crippen MR) is 95.2 cm³/mol. The van der Waals surface area contributed by atoms with Gasteiger partial charge in [0, 0.05) is 39.9 Å². The number of benzene rings is 1. The van der Waals surface area contributed by atoms with Crippen LogP contribution < -0.4 is 0 Å². The second kappa shape index (κ2) is 7.01. The Balaban J connectivity index is 1.79. The molecule has 0 saturated carbocycles. The fourth-order valence-corrected chi connectivity index (χ4v) is 5.52. The quantitative estimate of drug-likeness (QED) is 0.692. The highest BCUT2D eigenvalue weighted by Gasteiger charge is 2.24. The number of rotatable bonds is 2. The molecule has 1 aliphatic heterocycles. The van der Waals surface area contributed by atoms with E-state index >= 15 is 0 Å². The average Bonchev–Trinajstić information content (AvgIpc) is 3.03. The zero-order chi connectivity index (χ0) is 15.5. The molecule has 0 amide bonds. The maximum Gasteiger partial charge on any atom is 0.145 e. The Kier molecular flexibility index (Phi) is 5.04. The van der Waals surface area contributed by atoms with Gasteiger partial charge < -0.3 is 0 Å². The van der Waals surface area contributed by atoms with Crippen LogP contribution in [0.5, 0.6) is 0 Å². The molecule has 0 radical (unpaired) electrons. The molecule has 0 bridgehead atoms. The third kappa shape index (κ3) is 3.31. The summed E-state index contributed by atoms with van der Waals surface area (Å²) in [5.41, 5.74) is 1.75. The zero-order valence-corrected chi connectivity index (χ0v) is 14.5. The number of hydrogen-bond acceptors (Lipinski definition) is 4. The summed E-state index contributed by atoms with van der Waals surface area (Å²) in [7, 11) is 0. The van der Waals surface area contributed by atoms with E-state index in [1.807, 2.05) is 12.1 Å². The molecule has 1 aromatic heterocycles. The fraction of sp³-hybridized carbons (Fsp3) is 0.200. The van der Waals surface area contributed by atoms with Crippen LogP contribution in [0.15, 0.2) is 41.2 Å². The van der Waals surface area contributed by atoms with Gasteiger partial charge in [0.05, 0.1) is 10.6 Å². The average molecular weight is 368 g/mol. The van der Waals surface area contributed by atoms with Crippen molar-refractivity contribution in [3.8, 4) is 6.07 Å². The van der Waals surface area contributed by atoms with Gasteiger partial charge in [-0.1, -0.05) is 29.3 Å². The summed E-state index contributed by atoms with van der Waals surface area (Å²) in [6.07, 6.45) is 5.11. The summed E-state index contributed by atoms with van der Waals surface area (Å²) < 4.78 is 2.78. The Morgan fingerprint density at radius 3 is 2.68 bits per heavy atom. The van der Waals surface area contributed by atoms with Gasteiger partial charge >= 0.3 is 0 Å². The monoisotopic (exact) mass is 367 g/mol. The van der Waals surface area contributed by atoms with Crippen molar-refractivity contribution >= 4 is 52.4 Å². The number of thioether (sulfide) groups is 2. The molecule has 1 aliphatic rings. The number of hydrogen-bond donors (Lipinski definition) is 0. The molecular formula is C15H11Cl2N3S2. The van der Waals surface area contributed by atoms with E-state index in [1.54, 1.807) is 52.9 Å². The number of halogens is 2. The first-order chi connectivity index (χ1) is 10.7. The number of allylic oxidation sites excluding steroid dienone is 1. The van der Waals surface area contributed by atoms with E-state index < -0.39 is 0 Å². The Morgan fingerprint density at radius 1 is 1.32 bits per heavy atom. The van der Waals surface area contributed by atoms with Crippen LogP contribution in [0.4, 0.5) is 0 Å². The van der Waals surface area contributed by atoms with Crippen LogP contribution in [-0.4, -0.2) is 21.1 Å². The molecule has 0 spiro atoms. The molecule has 0 atom stereocenters. The van der Waals surface area contributed by atoms with Gasteiger partial charge in [-0.05, 0) is 17.7 Å². The number of aromatic nitrogens is 2. The Labute approximate surface area is 147 Å². The minimum absolute atomic E-state index is 0.353. The van der Waals surface area contributed by atoms with Crippen molar-refractivity contribution in [2.24, 2.45) is 0 Å². The zero-order valence-electron chi connectivity index (χ0n) is 11.4. The lowest BCUT2D eigenvalue weighted by Gasteiger charge is -2.24. The molecule has 3 rings (SSSR count). The topological polar surface area (TPSA) is 41.6 Å². The molecule has 0 unspecified atom stereocenters. The summed E-state index contributed by atoms with van der Waals surface area (Å²) in [6.45, 7) is 0. The van der Waals surface area contributed by atoms with E-state index in [9.17, 15) is 5.26 Å².